The van der Waals surface area contributed by atoms with Gasteiger partial charge in [0.25, 0.3) is 0 Å². The summed E-state index contributed by atoms with van der Waals surface area (Å²) in [5.74, 6) is 0.0824. The van der Waals surface area contributed by atoms with Gasteiger partial charge in [-0.25, -0.2) is 0 Å². The van der Waals surface area contributed by atoms with Crippen LogP contribution in [-0.4, -0.2) is 49.1 Å². The molecule has 0 aromatic carbocycles. The summed E-state index contributed by atoms with van der Waals surface area (Å²) in [6, 6.07) is 0.869. The zero-order chi connectivity index (χ0) is 13.5. The van der Waals surface area contributed by atoms with Crippen LogP contribution in [0.3, 0.4) is 0 Å². The summed E-state index contributed by atoms with van der Waals surface area (Å²) in [6.45, 7) is 13.9. The van der Waals surface area contributed by atoms with Crippen LogP contribution in [0, 0.1) is 0 Å². The number of nitrogens with zero attached hydrogens (tertiary/aromatic N) is 1. The van der Waals surface area contributed by atoms with E-state index in [4.69, 9.17) is 0 Å². The van der Waals surface area contributed by atoms with E-state index < -0.39 is 0 Å². The number of carbonyl (C=O) groups is 1. The smallest absolute Gasteiger partial charge is 0.217 e. The molecule has 18 heavy (non-hydrogen) atoms. The molecule has 2 N–H and O–H groups in total. The molecule has 0 atom stereocenters. The highest BCUT2D eigenvalue weighted by Gasteiger charge is 2.19. The molecule has 0 saturated carbocycles. The normalized spacial score (nSPS) is 18.0. The first-order valence-electron chi connectivity index (χ1n) is 6.87. The maximum atomic E-state index is 11.0. The van der Waals surface area contributed by atoms with E-state index in [1.807, 2.05) is 0 Å². The van der Waals surface area contributed by atoms with Crippen molar-refractivity contribution in [2.75, 3.05) is 26.2 Å². The Kier molecular flexibility index (Phi) is 6.36. The quantitative estimate of drug-likeness (QED) is 0.698. The van der Waals surface area contributed by atoms with Gasteiger partial charge in [0.2, 0.25) is 5.91 Å². The third-order valence-corrected chi connectivity index (χ3v) is 3.20. The minimum Gasteiger partial charge on any atom is -0.354 e. The van der Waals surface area contributed by atoms with Crippen LogP contribution in [-0.2, 0) is 4.79 Å². The van der Waals surface area contributed by atoms with Gasteiger partial charge in [0.05, 0.1) is 0 Å². The van der Waals surface area contributed by atoms with Gasteiger partial charge in [-0.05, 0) is 18.4 Å². The van der Waals surface area contributed by atoms with Crippen LogP contribution in [0.2, 0.25) is 0 Å². The minimum atomic E-state index is 0.0824. The number of amides is 1. The Morgan fingerprint density at radius 2 is 2.00 bits per heavy atom. The first-order chi connectivity index (χ1) is 8.47. The number of hydrogen-bond acceptors (Lipinski definition) is 3. The van der Waals surface area contributed by atoms with Gasteiger partial charge in [-0.1, -0.05) is 20.4 Å². The molecule has 1 fully saturated rings. The predicted molar refractivity (Wildman–Crippen MR) is 75.6 cm³/mol. The second-order valence-electron chi connectivity index (χ2n) is 5.54. The fourth-order valence-electron chi connectivity index (χ4n) is 2.24. The van der Waals surface area contributed by atoms with Gasteiger partial charge < -0.3 is 10.6 Å². The predicted octanol–water partition coefficient (Wildman–Crippen LogP) is 1.14. The Morgan fingerprint density at radius 3 is 2.50 bits per heavy atom. The molecule has 1 heterocycles. The number of hydrogen-bond donors (Lipinski definition) is 2. The monoisotopic (exact) mass is 253 g/mol. The summed E-state index contributed by atoms with van der Waals surface area (Å²) < 4.78 is 0. The average molecular weight is 253 g/mol. The molecule has 0 spiro atoms. The molecule has 0 aromatic heterocycles. The second kappa shape index (κ2) is 7.54. The topological polar surface area (TPSA) is 44.4 Å². The molecule has 0 radical (unpaired) electrons. The van der Waals surface area contributed by atoms with Crippen LogP contribution in [0.4, 0.5) is 0 Å². The van der Waals surface area contributed by atoms with Crippen LogP contribution in [0.1, 0.15) is 33.6 Å². The van der Waals surface area contributed by atoms with Gasteiger partial charge >= 0.3 is 0 Å². The lowest BCUT2D eigenvalue weighted by atomic mass is 10.0. The Bertz CT molecular complexity index is 281. The van der Waals surface area contributed by atoms with E-state index >= 15 is 0 Å². The molecule has 1 rings (SSSR count). The highest BCUT2D eigenvalue weighted by atomic mass is 16.1. The lowest BCUT2D eigenvalue weighted by Crippen LogP contribution is -2.44. The maximum absolute atomic E-state index is 11.0. The number of likely N-dealkylation sites (tertiary alicyclic amines) is 1. The van der Waals surface area contributed by atoms with Gasteiger partial charge in [0.15, 0.2) is 0 Å². The molecule has 0 aromatic rings. The fourth-order valence-corrected chi connectivity index (χ4v) is 2.24. The van der Waals surface area contributed by atoms with Crippen LogP contribution < -0.4 is 10.6 Å². The highest BCUT2D eigenvalue weighted by molar-refractivity contribution is 5.73. The van der Waals surface area contributed by atoms with Crippen molar-refractivity contribution in [2.45, 2.75) is 45.7 Å². The summed E-state index contributed by atoms with van der Waals surface area (Å²) in [5, 5.41) is 6.38. The fraction of sp³-hybridized carbons (Fsp3) is 0.786. The number of rotatable bonds is 6. The van der Waals surface area contributed by atoms with Gasteiger partial charge in [-0.2, -0.15) is 0 Å². The molecule has 1 aliphatic heterocycles. The van der Waals surface area contributed by atoms with Crippen molar-refractivity contribution >= 4 is 5.91 Å². The van der Waals surface area contributed by atoms with E-state index in [9.17, 15) is 4.79 Å². The van der Waals surface area contributed by atoms with E-state index in [2.05, 4.69) is 36.0 Å². The summed E-state index contributed by atoms with van der Waals surface area (Å²) in [7, 11) is 0. The number of piperidine rings is 1. The first kappa shape index (κ1) is 15.2. The molecule has 104 valence electrons. The van der Waals surface area contributed by atoms with Gasteiger partial charge in [0.1, 0.15) is 0 Å². The van der Waals surface area contributed by atoms with Crippen molar-refractivity contribution in [2.24, 2.45) is 0 Å². The summed E-state index contributed by atoms with van der Waals surface area (Å²) in [6.07, 6.45) is 2.09. The van der Waals surface area contributed by atoms with Crippen LogP contribution in [0.5, 0.6) is 0 Å². The largest absolute Gasteiger partial charge is 0.354 e. The molecule has 0 bridgehead atoms. The summed E-state index contributed by atoms with van der Waals surface area (Å²) >= 11 is 0. The van der Waals surface area contributed by atoms with Crippen LogP contribution in [0.15, 0.2) is 12.2 Å². The molecule has 4 heteroatoms. The lowest BCUT2D eigenvalue weighted by molar-refractivity contribution is -0.119. The SMILES string of the molecule is C=C(CNC(C)C)CN1CCC(NC(C)=O)CC1. The molecular formula is C14H27N3O. The van der Waals surface area contributed by atoms with E-state index in [0.29, 0.717) is 12.1 Å². The third kappa shape index (κ3) is 6.17. The molecule has 4 nitrogen and oxygen atoms in total. The van der Waals surface area contributed by atoms with Crippen LogP contribution >= 0.6 is 0 Å². The van der Waals surface area contributed by atoms with E-state index in [-0.39, 0.29) is 5.91 Å². The Hall–Kier alpha value is -0.870. The Morgan fingerprint density at radius 1 is 1.39 bits per heavy atom. The zero-order valence-electron chi connectivity index (χ0n) is 12.0. The molecule has 0 aliphatic carbocycles. The first-order valence-corrected chi connectivity index (χ1v) is 6.87. The van der Waals surface area contributed by atoms with Crippen molar-refractivity contribution in [3.63, 3.8) is 0 Å². The van der Waals surface area contributed by atoms with Crippen molar-refractivity contribution in [1.29, 1.82) is 0 Å². The Labute approximate surface area is 111 Å². The molecule has 1 amide bonds. The van der Waals surface area contributed by atoms with Crippen LogP contribution in [0.25, 0.3) is 0 Å². The third-order valence-electron chi connectivity index (χ3n) is 3.20. The molecule has 1 aliphatic rings. The van der Waals surface area contributed by atoms with Gasteiger partial charge in [0, 0.05) is 45.2 Å². The second-order valence-corrected chi connectivity index (χ2v) is 5.54. The molecule has 0 unspecified atom stereocenters. The van der Waals surface area contributed by atoms with Crippen molar-refractivity contribution in [3.05, 3.63) is 12.2 Å². The minimum absolute atomic E-state index is 0.0824. The Balaban J connectivity index is 2.18. The van der Waals surface area contributed by atoms with Crippen molar-refractivity contribution in [3.8, 4) is 0 Å². The van der Waals surface area contributed by atoms with Crippen molar-refractivity contribution < 1.29 is 4.79 Å². The summed E-state index contributed by atoms with van der Waals surface area (Å²) in [4.78, 5) is 13.4. The lowest BCUT2D eigenvalue weighted by Gasteiger charge is -2.32. The molecule has 1 saturated heterocycles. The van der Waals surface area contributed by atoms with Crippen molar-refractivity contribution in [1.82, 2.24) is 15.5 Å². The van der Waals surface area contributed by atoms with Gasteiger partial charge in [-0.3, -0.25) is 9.69 Å². The number of carbonyl (C=O) groups excluding carboxylic acids is 1. The average Bonchev–Trinajstić information content (AvgIpc) is 2.28. The standard InChI is InChI=1S/C14H27N3O/c1-11(2)15-9-12(3)10-17-7-5-14(6-8-17)16-13(4)18/h11,14-15H,3,5-10H2,1-2,4H3,(H,16,18). The van der Waals surface area contributed by atoms with E-state index in [1.165, 1.54) is 5.57 Å². The molecular weight excluding hydrogens is 226 g/mol. The van der Waals surface area contributed by atoms with E-state index in [1.54, 1.807) is 6.92 Å². The highest BCUT2D eigenvalue weighted by Crippen LogP contribution is 2.11. The maximum Gasteiger partial charge on any atom is 0.217 e. The summed E-state index contributed by atoms with van der Waals surface area (Å²) in [5.41, 5.74) is 1.24. The van der Waals surface area contributed by atoms with E-state index in [0.717, 1.165) is 39.0 Å². The zero-order valence-corrected chi connectivity index (χ0v) is 12.0. The van der Waals surface area contributed by atoms with Gasteiger partial charge in [-0.15, -0.1) is 0 Å². The number of nitrogens with one attached hydrogen (secondary N) is 2.